The summed E-state index contributed by atoms with van der Waals surface area (Å²) in [7, 11) is 0. The van der Waals surface area contributed by atoms with E-state index in [2.05, 4.69) is 21.3 Å². The third kappa shape index (κ3) is 5.28. The van der Waals surface area contributed by atoms with Crippen LogP contribution in [0.2, 0.25) is 0 Å². The summed E-state index contributed by atoms with van der Waals surface area (Å²) >= 11 is 5.58. The molecule has 1 fully saturated rings. The van der Waals surface area contributed by atoms with Crippen LogP contribution in [0.5, 0.6) is 0 Å². The Morgan fingerprint density at radius 2 is 2.28 bits per heavy atom. The number of hydrogen-bond acceptors (Lipinski definition) is 3. The van der Waals surface area contributed by atoms with Crippen LogP contribution < -0.4 is 5.32 Å². The van der Waals surface area contributed by atoms with E-state index in [1.165, 1.54) is 6.42 Å². The van der Waals surface area contributed by atoms with Crippen LogP contribution in [0.25, 0.3) is 10.8 Å². The molecule has 0 aliphatic carbocycles. The third-order valence-corrected chi connectivity index (χ3v) is 4.95. The predicted molar refractivity (Wildman–Crippen MR) is 103 cm³/mol. The van der Waals surface area contributed by atoms with Crippen molar-refractivity contribution < 1.29 is 4.79 Å². The number of amides is 1. The number of halogens is 1. The zero-order valence-corrected chi connectivity index (χ0v) is 15.1. The van der Waals surface area contributed by atoms with Crippen molar-refractivity contribution in [1.82, 2.24) is 15.2 Å². The fraction of sp³-hybridized carbons (Fsp3) is 0.400. The number of rotatable bonds is 7. The molecule has 0 spiro atoms. The lowest BCUT2D eigenvalue weighted by atomic mass is 10.0. The predicted octanol–water partition coefficient (Wildman–Crippen LogP) is 3.36. The molecule has 0 bridgehead atoms. The molecule has 1 aromatic heterocycles. The van der Waals surface area contributed by atoms with Gasteiger partial charge in [0.25, 0.3) is 0 Å². The summed E-state index contributed by atoms with van der Waals surface area (Å²) in [4.78, 5) is 18.7. The lowest BCUT2D eigenvalue weighted by molar-refractivity contribution is -0.120. The fourth-order valence-electron chi connectivity index (χ4n) is 3.41. The van der Waals surface area contributed by atoms with E-state index >= 15 is 0 Å². The summed E-state index contributed by atoms with van der Waals surface area (Å²) in [6.07, 6.45) is 8.26. The average molecular weight is 358 g/mol. The van der Waals surface area contributed by atoms with Crippen molar-refractivity contribution >= 4 is 28.3 Å². The van der Waals surface area contributed by atoms with E-state index in [1.54, 1.807) is 11.7 Å². The minimum Gasteiger partial charge on any atom is -0.356 e. The third-order valence-electron chi connectivity index (χ3n) is 4.77. The highest BCUT2D eigenvalue weighted by molar-refractivity contribution is 6.25. The Hall–Kier alpha value is -1.91. The van der Waals surface area contributed by atoms with E-state index in [-0.39, 0.29) is 5.91 Å². The topological polar surface area (TPSA) is 45.2 Å². The Kier molecular flexibility index (Phi) is 6.42. The van der Waals surface area contributed by atoms with Crippen LogP contribution >= 0.6 is 11.6 Å². The SMILES string of the molecule is O=C(Cc1ccc2cnccc2c1)NCCC1CCN(C/C=C/Cl)C1. The first-order valence-electron chi connectivity index (χ1n) is 8.81. The van der Waals surface area contributed by atoms with Gasteiger partial charge in [-0.2, -0.15) is 0 Å². The zero-order chi connectivity index (χ0) is 17.5. The molecule has 132 valence electrons. The highest BCUT2D eigenvalue weighted by atomic mass is 35.5. The van der Waals surface area contributed by atoms with Gasteiger partial charge in [0.2, 0.25) is 5.91 Å². The maximum atomic E-state index is 12.2. The standard InChI is InChI=1S/C20H24ClN3O/c21-7-1-10-24-11-6-16(15-24)4-9-23-20(25)13-17-2-3-19-14-22-8-5-18(19)12-17/h1-3,5,7-8,12,14,16H,4,6,9-11,13,15H2,(H,23,25)/b7-1+. The first-order chi connectivity index (χ1) is 12.2. The molecular weight excluding hydrogens is 334 g/mol. The van der Waals surface area contributed by atoms with Gasteiger partial charge in [-0.1, -0.05) is 35.9 Å². The molecule has 0 saturated carbocycles. The summed E-state index contributed by atoms with van der Waals surface area (Å²) in [5.41, 5.74) is 2.62. The average Bonchev–Trinajstić information content (AvgIpc) is 3.07. The van der Waals surface area contributed by atoms with Gasteiger partial charge >= 0.3 is 0 Å². The van der Waals surface area contributed by atoms with Gasteiger partial charge in [-0.05, 0) is 42.3 Å². The van der Waals surface area contributed by atoms with Crippen LogP contribution in [0.15, 0.2) is 48.3 Å². The van der Waals surface area contributed by atoms with Crippen LogP contribution in [0.3, 0.4) is 0 Å². The number of carbonyl (C=O) groups is 1. The summed E-state index contributed by atoms with van der Waals surface area (Å²) in [6, 6.07) is 8.06. The summed E-state index contributed by atoms with van der Waals surface area (Å²) < 4.78 is 0. The molecule has 1 N–H and O–H groups in total. The van der Waals surface area contributed by atoms with Crippen molar-refractivity contribution in [3.63, 3.8) is 0 Å². The van der Waals surface area contributed by atoms with Crippen molar-refractivity contribution in [3.05, 3.63) is 53.8 Å². The molecule has 25 heavy (non-hydrogen) atoms. The van der Waals surface area contributed by atoms with Crippen molar-refractivity contribution in [3.8, 4) is 0 Å². The Labute approximate surface area is 153 Å². The van der Waals surface area contributed by atoms with Crippen LogP contribution in [-0.4, -0.2) is 42.0 Å². The molecule has 1 unspecified atom stereocenters. The largest absolute Gasteiger partial charge is 0.356 e. The molecule has 1 aromatic carbocycles. The molecule has 1 saturated heterocycles. The maximum absolute atomic E-state index is 12.2. The number of fused-ring (bicyclic) bond motifs is 1. The monoisotopic (exact) mass is 357 g/mol. The Morgan fingerprint density at radius 1 is 1.36 bits per heavy atom. The summed E-state index contributed by atoms with van der Waals surface area (Å²) in [6.45, 7) is 3.88. The van der Waals surface area contributed by atoms with Gasteiger partial charge in [-0.3, -0.25) is 14.7 Å². The molecule has 0 radical (unpaired) electrons. The van der Waals surface area contributed by atoms with Gasteiger partial charge in [0.15, 0.2) is 0 Å². The van der Waals surface area contributed by atoms with E-state index in [1.807, 2.05) is 30.5 Å². The number of nitrogens with one attached hydrogen (secondary N) is 1. The molecule has 1 atom stereocenters. The number of carbonyl (C=O) groups excluding carboxylic acids is 1. The molecule has 1 amide bonds. The van der Waals surface area contributed by atoms with Gasteiger partial charge in [-0.15, -0.1) is 0 Å². The second kappa shape index (κ2) is 8.97. The smallest absolute Gasteiger partial charge is 0.224 e. The number of likely N-dealkylation sites (tertiary alicyclic amines) is 1. The van der Waals surface area contributed by atoms with Crippen LogP contribution in [0.4, 0.5) is 0 Å². The summed E-state index contributed by atoms with van der Waals surface area (Å²) in [5.74, 6) is 0.755. The number of hydrogen-bond donors (Lipinski definition) is 1. The van der Waals surface area contributed by atoms with Crippen LogP contribution in [-0.2, 0) is 11.2 Å². The van der Waals surface area contributed by atoms with Crippen molar-refractivity contribution in [1.29, 1.82) is 0 Å². The minimum absolute atomic E-state index is 0.0910. The lowest BCUT2D eigenvalue weighted by Gasteiger charge is -2.13. The number of benzene rings is 1. The van der Waals surface area contributed by atoms with Crippen LogP contribution in [0, 0.1) is 5.92 Å². The lowest BCUT2D eigenvalue weighted by Crippen LogP contribution is -2.28. The maximum Gasteiger partial charge on any atom is 0.224 e. The van der Waals surface area contributed by atoms with Crippen LogP contribution in [0.1, 0.15) is 18.4 Å². The quantitative estimate of drug-likeness (QED) is 0.826. The molecule has 1 aliphatic rings. The van der Waals surface area contributed by atoms with Gasteiger partial charge < -0.3 is 5.32 Å². The van der Waals surface area contributed by atoms with E-state index in [9.17, 15) is 4.79 Å². The molecule has 2 aromatic rings. The second-order valence-corrected chi connectivity index (χ2v) is 6.90. The highest BCUT2D eigenvalue weighted by Gasteiger charge is 2.21. The van der Waals surface area contributed by atoms with E-state index in [4.69, 9.17) is 11.6 Å². The molecule has 4 nitrogen and oxygen atoms in total. The Bertz CT molecular complexity index is 747. The normalized spacial score (nSPS) is 18.2. The van der Waals surface area contributed by atoms with E-state index in [0.29, 0.717) is 12.3 Å². The van der Waals surface area contributed by atoms with Crippen molar-refractivity contribution in [2.24, 2.45) is 5.92 Å². The Balaban J connectivity index is 1.40. The fourth-order valence-corrected chi connectivity index (χ4v) is 3.49. The van der Waals surface area contributed by atoms with Gasteiger partial charge in [0, 0.05) is 42.9 Å². The van der Waals surface area contributed by atoms with Gasteiger partial charge in [0.05, 0.1) is 6.42 Å². The van der Waals surface area contributed by atoms with Crippen molar-refractivity contribution in [2.75, 3.05) is 26.2 Å². The molecule has 2 heterocycles. The first-order valence-corrected chi connectivity index (χ1v) is 9.25. The molecule has 3 rings (SSSR count). The number of nitrogens with zero attached hydrogens (tertiary/aromatic N) is 2. The van der Waals surface area contributed by atoms with Gasteiger partial charge in [-0.25, -0.2) is 0 Å². The Morgan fingerprint density at radius 3 is 3.16 bits per heavy atom. The first kappa shape index (κ1) is 17.9. The molecule has 1 aliphatic heterocycles. The molecular formula is C20H24ClN3O. The second-order valence-electron chi connectivity index (χ2n) is 6.65. The van der Waals surface area contributed by atoms with E-state index in [0.717, 1.165) is 48.9 Å². The zero-order valence-electron chi connectivity index (χ0n) is 14.3. The minimum atomic E-state index is 0.0910. The molecule has 5 heteroatoms. The highest BCUT2D eigenvalue weighted by Crippen LogP contribution is 2.19. The van der Waals surface area contributed by atoms with E-state index < -0.39 is 0 Å². The number of pyridine rings is 1. The van der Waals surface area contributed by atoms with Gasteiger partial charge in [0.1, 0.15) is 0 Å². The number of aromatic nitrogens is 1. The van der Waals surface area contributed by atoms with Crippen molar-refractivity contribution in [2.45, 2.75) is 19.3 Å². The summed E-state index contributed by atoms with van der Waals surface area (Å²) in [5, 5.41) is 5.28.